The summed E-state index contributed by atoms with van der Waals surface area (Å²) in [5.74, 6) is 1.29. The molecule has 0 saturated heterocycles. The predicted octanol–water partition coefficient (Wildman–Crippen LogP) is 4.48. The van der Waals surface area contributed by atoms with E-state index < -0.39 is 10.0 Å². The Morgan fingerprint density at radius 1 is 1.14 bits per heavy atom. The molecule has 3 aromatic rings. The molecule has 0 atom stereocenters. The summed E-state index contributed by atoms with van der Waals surface area (Å²) in [5, 5.41) is 0.377. The minimum absolute atomic E-state index is 0.235. The van der Waals surface area contributed by atoms with Crippen LogP contribution in [0.25, 0.3) is 5.82 Å². The fraction of sp³-hybridized carbons (Fsp3) is 0.300. The number of hydrogen-bond donors (Lipinski definition) is 0. The van der Waals surface area contributed by atoms with Gasteiger partial charge in [-0.15, -0.1) is 0 Å². The Balaban J connectivity index is 2.20. The van der Waals surface area contributed by atoms with Gasteiger partial charge in [0.05, 0.1) is 15.6 Å². The lowest BCUT2D eigenvalue weighted by Gasteiger charge is -2.26. The second-order valence-corrected chi connectivity index (χ2v) is 8.61. The largest absolute Gasteiger partial charge is 0.286 e. The normalized spacial score (nSPS) is 11.5. The zero-order chi connectivity index (χ0) is 20.1. The average Bonchev–Trinajstić information content (AvgIpc) is 3.17. The molecule has 0 bridgehead atoms. The van der Waals surface area contributed by atoms with Crippen LogP contribution in [-0.4, -0.2) is 29.5 Å². The van der Waals surface area contributed by atoms with Gasteiger partial charge in [0, 0.05) is 31.6 Å². The van der Waals surface area contributed by atoms with Crippen molar-refractivity contribution in [2.24, 2.45) is 0 Å². The molecule has 0 N–H and O–H groups in total. The maximum atomic E-state index is 13.5. The van der Waals surface area contributed by atoms with E-state index in [9.17, 15) is 8.42 Å². The Bertz CT molecular complexity index is 1040. The van der Waals surface area contributed by atoms with Gasteiger partial charge in [-0.25, -0.2) is 18.4 Å². The lowest BCUT2D eigenvalue weighted by molar-refractivity contribution is 0.588. The molecule has 0 spiro atoms. The van der Waals surface area contributed by atoms with Gasteiger partial charge in [0.15, 0.2) is 5.82 Å². The molecule has 2 aromatic heterocycles. The average molecular weight is 419 g/mol. The fourth-order valence-electron chi connectivity index (χ4n) is 2.97. The molecule has 0 fully saturated rings. The fourth-order valence-corrected chi connectivity index (χ4v) is 4.64. The molecular formula is C20H23ClN4O2S. The molecule has 28 heavy (non-hydrogen) atoms. The molecule has 0 saturated carbocycles. The van der Waals surface area contributed by atoms with E-state index in [4.69, 9.17) is 11.6 Å². The minimum Gasteiger partial charge on any atom is -0.286 e. The first kappa shape index (κ1) is 20.4. The lowest BCUT2D eigenvalue weighted by atomic mass is 10.3. The molecule has 3 rings (SSSR count). The van der Waals surface area contributed by atoms with Crippen LogP contribution in [0.3, 0.4) is 0 Å². The van der Waals surface area contributed by atoms with E-state index in [0.717, 1.165) is 12.2 Å². The Kier molecular flexibility index (Phi) is 6.36. The third-order valence-corrected chi connectivity index (χ3v) is 6.42. The van der Waals surface area contributed by atoms with Gasteiger partial charge >= 0.3 is 0 Å². The van der Waals surface area contributed by atoms with Gasteiger partial charge in [0.1, 0.15) is 5.82 Å². The molecule has 148 valence electrons. The van der Waals surface area contributed by atoms with Gasteiger partial charge in [-0.2, -0.15) is 0 Å². The number of pyridine rings is 1. The highest BCUT2D eigenvalue weighted by Gasteiger charge is 2.28. The van der Waals surface area contributed by atoms with Crippen LogP contribution in [0.5, 0.6) is 0 Å². The standard InChI is InChI=1S/C20H23ClN4O2S/c1-3-5-12-25(28(26,27)17-9-7-6-8-10-17)18-14-16(21)15-23-20(18)24-13-11-22-19(24)4-2/h6-11,13-15H,3-5,12H2,1-2H3. The van der Waals surface area contributed by atoms with Crippen LogP contribution < -0.4 is 4.31 Å². The van der Waals surface area contributed by atoms with Crippen molar-refractivity contribution in [1.29, 1.82) is 0 Å². The first-order valence-electron chi connectivity index (χ1n) is 9.25. The van der Waals surface area contributed by atoms with E-state index in [1.54, 1.807) is 48.8 Å². The first-order chi connectivity index (χ1) is 13.5. The van der Waals surface area contributed by atoms with Gasteiger partial charge in [-0.3, -0.25) is 8.87 Å². The molecule has 1 aromatic carbocycles. The molecule has 0 aliphatic carbocycles. The summed E-state index contributed by atoms with van der Waals surface area (Å²) in [6.07, 6.45) is 7.24. The quantitative estimate of drug-likeness (QED) is 0.540. The van der Waals surface area contributed by atoms with Crippen molar-refractivity contribution in [1.82, 2.24) is 14.5 Å². The number of anilines is 1. The van der Waals surface area contributed by atoms with Gasteiger partial charge in [-0.05, 0) is 24.6 Å². The van der Waals surface area contributed by atoms with Crippen molar-refractivity contribution in [3.05, 3.63) is 65.8 Å². The smallest absolute Gasteiger partial charge is 0.264 e. The van der Waals surface area contributed by atoms with Crippen LogP contribution in [0.15, 0.2) is 59.9 Å². The SMILES string of the molecule is CCCCN(c1cc(Cl)cnc1-n1ccnc1CC)S(=O)(=O)c1ccccc1. The van der Waals surface area contributed by atoms with Crippen LogP contribution in [0, 0.1) is 0 Å². The maximum absolute atomic E-state index is 13.5. The van der Waals surface area contributed by atoms with E-state index in [0.29, 0.717) is 35.9 Å². The highest BCUT2D eigenvalue weighted by Crippen LogP contribution is 2.31. The third-order valence-electron chi connectivity index (χ3n) is 4.39. The maximum Gasteiger partial charge on any atom is 0.264 e. The molecule has 0 aliphatic rings. The molecule has 0 unspecified atom stereocenters. The number of unbranched alkanes of at least 4 members (excludes halogenated alkanes) is 1. The van der Waals surface area contributed by atoms with Crippen molar-refractivity contribution in [3.63, 3.8) is 0 Å². The van der Waals surface area contributed by atoms with Crippen LogP contribution in [0.1, 0.15) is 32.5 Å². The Hall–Kier alpha value is -2.38. The number of imidazole rings is 1. The molecule has 8 heteroatoms. The predicted molar refractivity (Wildman–Crippen MR) is 112 cm³/mol. The number of nitrogens with zero attached hydrogens (tertiary/aromatic N) is 4. The second-order valence-electron chi connectivity index (χ2n) is 6.31. The van der Waals surface area contributed by atoms with Crippen LogP contribution in [-0.2, 0) is 16.4 Å². The van der Waals surface area contributed by atoms with Gasteiger partial charge in [0.2, 0.25) is 0 Å². The number of rotatable bonds is 8. The van der Waals surface area contributed by atoms with E-state index in [-0.39, 0.29) is 4.90 Å². The van der Waals surface area contributed by atoms with Crippen LogP contribution in [0.2, 0.25) is 5.02 Å². The topological polar surface area (TPSA) is 68.1 Å². The van der Waals surface area contributed by atoms with Crippen LogP contribution in [0.4, 0.5) is 5.69 Å². The number of aromatic nitrogens is 3. The summed E-state index contributed by atoms with van der Waals surface area (Å²) in [6.45, 7) is 4.35. The summed E-state index contributed by atoms with van der Waals surface area (Å²) in [5.41, 5.74) is 0.442. The summed E-state index contributed by atoms with van der Waals surface area (Å²) >= 11 is 6.22. The van der Waals surface area contributed by atoms with Gasteiger partial charge in [-0.1, -0.05) is 50.1 Å². The summed E-state index contributed by atoms with van der Waals surface area (Å²) in [4.78, 5) is 9.02. The molecule has 6 nitrogen and oxygen atoms in total. The molecule has 0 radical (unpaired) electrons. The summed E-state index contributed by atoms with van der Waals surface area (Å²) in [6, 6.07) is 10.1. The molecular weight excluding hydrogens is 396 g/mol. The zero-order valence-corrected chi connectivity index (χ0v) is 17.5. The Morgan fingerprint density at radius 2 is 1.89 bits per heavy atom. The zero-order valence-electron chi connectivity index (χ0n) is 15.9. The van der Waals surface area contributed by atoms with Crippen molar-refractivity contribution in [3.8, 4) is 5.82 Å². The highest BCUT2D eigenvalue weighted by atomic mass is 35.5. The van der Waals surface area contributed by atoms with E-state index >= 15 is 0 Å². The summed E-state index contributed by atoms with van der Waals surface area (Å²) in [7, 11) is -3.78. The number of aryl methyl sites for hydroxylation is 1. The molecule has 0 aliphatic heterocycles. The number of benzene rings is 1. The van der Waals surface area contributed by atoms with Gasteiger partial charge < -0.3 is 0 Å². The van der Waals surface area contributed by atoms with Crippen molar-refractivity contribution in [2.75, 3.05) is 10.8 Å². The van der Waals surface area contributed by atoms with Crippen molar-refractivity contribution in [2.45, 2.75) is 38.0 Å². The molecule has 0 amide bonds. The highest BCUT2D eigenvalue weighted by molar-refractivity contribution is 7.92. The monoisotopic (exact) mass is 418 g/mol. The van der Waals surface area contributed by atoms with E-state index in [1.165, 1.54) is 10.5 Å². The lowest BCUT2D eigenvalue weighted by Crippen LogP contribution is -2.33. The molecule has 2 heterocycles. The van der Waals surface area contributed by atoms with Crippen molar-refractivity contribution < 1.29 is 8.42 Å². The summed E-state index contributed by atoms with van der Waals surface area (Å²) < 4.78 is 30.1. The van der Waals surface area contributed by atoms with E-state index in [1.807, 2.05) is 18.4 Å². The number of sulfonamides is 1. The number of hydrogen-bond acceptors (Lipinski definition) is 4. The Morgan fingerprint density at radius 3 is 2.57 bits per heavy atom. The van der Waals surface area contributed by atoms with E-state index in [2.05, 4.69) is 9.97 Å². The second kappa shape index (κ2) is 8.75. The van der Waals surface area contributed by atoms with Gasteiger partial charge in [0.25, 0.3) is 10.0 Å². The minimum atomic E-state index is -3.78. The Labute approximate surface area is 170 Å². The van der Waals surface area contributed by atoms with Crippen molar-refractivity contribution >= 4 is 27.3 Å². The van der Waals surface area contributed by atoms with Crippen LogP contribution >= 0.6 is 11.6 Å². The number of halogens is 1. The third kappa shape index (κ3) is 4.05. The first-order valence-corrected chi connectivity index (χ1v) is 11.1.